The number of rotatable bonds is 7. The number of carbonyl (C=O) groups is 2. The molecule has 0 aliphatic rings. The fraction of sp³-hybridized carbons (Fsp3) is 0.286. The Morgan fingerprint density at radius 3 is 2.47 bits per heavy atom. The number of esters is 1. The number of benzene rings is 1. The molecular formula is C21H24N6O3. The molecule has 0 fully saturated rings. The quantitative estimate of drug-likeness (QED) is 0.476. The van der Waals surface area contributed by atoms with Crippen LogP contribution in [0.5, 0.6) is 0 Å². The van der Waals surface area contributed by atoms with E-state index < -0.39 is 0 Å². The topological polar surface area (TPSA) is 104 Å². The van der Waals surface area contributed by atoms with Crippen molar-refractivity contribution in [3.05, 3.63) is 59.2 Å². The standard InChI is InChI=1S/C21H24N6O3/c1-5-26-14(3)18(20(15(26)4)21(29)30-6-2)11-12-19(28)23-16-7-9-17(10-8-16)27-13-22-24-25-27/h7-13H,5-6H2,1-4H3,(H,23,28). The first kappa shape index (κ1) is 21.0. The highest BCUT2D eigenvalue weighted by molar-refractivity contribution is 6.04. The van der Waals surface area contributed by atoms with E-state index in [0.29, 0.717) is 23.4 Å². The van der Waals surface area contributed by atoms with E-state index in [1.165, 1.54) is 17.1 Å². The van der Waals surface area contributed by atoms with E-state index in [-0.39, 0.29) is 11.9 Å². The van der Waals surface area contributed by atoms with E-state index in [1.54, 1.807) is 37.3 Å². The molecule has 156 valence electrons. The molecule has 1 aromatic carbocycles. The average molecular weight is 408 g/mol. The summed E-state index contributed by atoms with van der Waals surface area (Å²) in [5, 5.41) is 13.8. The van der Waals surface area contributed by atoms with E-state index in [2.05, 4.69) is 20.8 Å². The maximum absolute atomic E-state index is 12.4. The molecule has 0 saturated carbocycles. The molecule has 9 nitrogen and oxygen atoms in total. The molecule has 0 radical (unpaired) electrons. The van der Waals surface area contributed by atoms with Crippen molar-refractivity contribution in [2.45, 2.75) is 34.2 Å². The lowest BCUT2D eigenvalue weighted by atomic mass is 10.1. The molecule has 2 heterocycles. The summed E-state index contributed by atoms with van der Waals surface area (Å²) in [5.74, 6) is -0.690. The predicted molar refractivity (Wildman–Crippen MR) is 112 cm³/mol. The number of nitrogens with zero attached hydrogens (tertiary/aromatic N) is 5. The fourth-order valence-electron chi connectivity index (χ4n) is 3.37. The third-order valence-corrected chi connectivity index (χ3v) is 4.78. The summed E-state index contributed by atoms with van der Waals surface area (Å²) in [6.07, 6.45) is 4.56. The monoisotopic (exact) mass is 408 g/mol. The van der Waals surface area contributed by atoms with Crippen molar-refractivity contribution in [2.24, 2.45) is 0 Å². The van der Waals surface area contributed by atoms with E-state index in [0.717, 1.165) is 23.6 Å². The molecular weight excluding hydrogens is 384 g/mol. The van der Waals surface area contributed by atoms with Gasteiger partial charge in [0.05, 0.1) is 17.9 Å². The number of hydrogen-bond acceptors (Lipinski definition) is 6. The number of amides is 1. The fourth-order valence-corrected chi connectivity index (χ4v) is 3.37. The van der Waals surface area contributed by atoms with Crippen molar-refractivity contribution >= 4 is 23.6 Å². The van der Waals surface area contributed by atoms with E-state index >= 15 is 0 Å². The van der Waals surface area contributed by atoms with Crippen LogP contribution in [0, 0.1) is 13.8 Å². The summed E-state index contributed by atoms with van der Waals surface area (Å²) in [5.41, 5.74) is 4.33. The second-order valence-electron chi connectivity index (χ2n) is 6.55. The number of anilines is 1. The first-order valence-electron chi connectivity index (χ1n) is 9.65. The number of tetrazole rings is 1. The van der Waals surface area contributed by atoms with Crippen molar-refractivity contribution in [1.29, 1.82) is 0 Å². The number of nitrogens with one attached hydrogen (secondary N) is 1. The highest BCUT2D eigenvalue weighted by Gasteiger charge is 2.22. The number of ether oxygens (including phenoxy) is 1. The van der Waals surface area contributed by atoms with Crippen LogP contribution in [-0.4, -0.2) is 43.3 Å². The summed E-state index contributed by atoms with van der Waals surface area (Å²) >= 11 is 0. The normalized spacial score (nSPS) is 11.1. The molecule has 9 heteroatoms. The van der Waals surface area contributed by atoms with Crippen molar-refractivity contribution in [3.8, 4) is 5.69 Å². The lowest BCUT2D eigenvalue weighted by molar-refractivity contribution is -0.111. The van der Waals surface area contributed by atoms with Crippen LogP contribution in [0.25, 0.3) is 11.8 Å². The zero-order valence-corrected chi connectivity index (χ0v) is 17.4. The van der Waals surface area contributed by atoms with Gasteiger partial charge in [-0.15, -0.1) is 5.10 Å². The maximum atomic E-state index is 12.4. The largest absolute Gasteiger partial charge is 0.462 e. The number of aromatic nitrogens is 5. The summed E-state index contributed by atoms with van der Waals surface area (Å²) in [6, 6.07) is 7.11. The van der Waals surface area contributed by atoms with Gasteiger partial charge in [-0.3, -0.25) is 4.79 Å². The average Bonchev–Trinajstić information content (AvgIpc) is 3.34. The summed E-state index contributed by atoms with van der Waals surface area (Å²) in [6.45, 7) is 8.59. The van der Waals surface area contributed by atoms with Gasteiger partial charge >= 0.3 is 5.97 Å². The molecule has 0 atom stereocenters. The molecule has 1 amide bonds. The second kappa shape index (κ2) is 9.17. The van der Waals surface area contributed by atoms with Crippen molar-refractivity contribution in [1.82, 2.24) is 24.8 Å². The summed E-state index contributed by atoms with van der Waals surface area (Å²) in [7, 11) is 0. The molecule has 0 unspecified atom stereocenters. The van der Waals surface area contributed by atoms with E-state index in [4.69, 9.17) is 4.74 Å². The van der Waals surface area contributed by atoms with Crippen LogP contribution >= 0.6 is 0 Å². The molecule has 0 saturated heterocycles. The minimum Gasteiger partial charge on any atom is -0.462 e. The van der Waals surface area contributed by atoms with Crippen LogP contribution in [0.15, 0.2) is 36.7 Å². The molecule has 1 N–H and O–H groups in total. The van der Waals surface area contributed by atoms with Gasteiger partial charge in [0.2, 0.25) is 5.91 Å². The molecule has 2 aromatic heterocycles. The third-order valence-electron chi connectivity index (χ3n) is 4.78. The van der Waals surface area contributed by atoms with Gasteiger partial charge in [0.15, 0.2) is 0 Å². The Labute approximate surface area is 174 Å². The predicted octanol–water partition coefficient (Wildman–Crippen LogP) is 2.93. The molecule has 0 aliphatic carbocycles. The van der Waals surface area contributed by atoms with Crippen molar-refractivity contribution in [2.75, 3.05) is 11.9 Å². The van der Waals surface area contributed by atoms with E-state index in [9.17, 15) is 9.59 Å². The second-order valence-corrected chi connectivity index (χ2v) is 6.55. The Morgan fingerprint density at radius 2 is 1.87 bits per heavy atom. The Bertz CT molecular complexity index is 1070. The van der Waals surface area contributed by atoms with Gasteiger partial charge in [0.1, 0.15) is 6.33 Å². The minimum atomic E-state index is -0.386. The SMILES string of the molecule is CCOC(=O)c1c(C=CC(=O)Nc2ccc(-n3cnnn3)cc2)c(C)n(CC)c1C. The van der Waals surface area contributed by atoms with Gasteiger partial charge in [0.25, 0.3) is 0 Å². The van der Waals surface area contributed by atoms with Crippen molar-refractivity contribution in [3.63, 3.8) is 0 Å². The van der Waals surface area contributed by atoms with Crippen LogP contribution in [0.1, 0.15) is 41.2 Å². The van der Waals surface area contributed by atoms with Crippen LogP contribution in [0.2, 0.25) is 0 Å². The Kier molecular flexibility index (Phi) is 6.41. The van der Waals surface area contributed by atoms with Crippen molar-refractivity contribution < 1.29 is 14.3 Å². The third kappa shape index (κ3) is 4.29. The smallest absolute Gasteiger partial charge is 0.340 e. The molecule has 30 heavy (non-hydrogen) atoms. The highest BCUT2D eigenvalue weighted by Crippen LogP contribution is 2.25. The summed E-state index contributed by atoms with van der Waals surface area (Å²) in [4.78, 5) is 24.9. The molecule has 3 aromatic rings. The Balaban J connectivity index is 1.78. The maximum Gasteiger partial charge on any atom is 0.340 e. The zero-order chi connectivity index (χ0) is 21.7. The van der Waals surface area contributed by atoms with Gasteiger partial charge < -0.3 is 14.6 Å². The first-order valence-corrected chi connectivity index (χ1v) is 9.65. The summed E-state index contributed by atoms with van der Waals surface area (Å²) < 4.78 is 8.75. The van der Waals surface area contributed by atoms with Crippen LogP contribution < -0.4 is 5.32 Å². The molecule has 0 aliphatic heterocycles. The highest BCUT2D eigenvalue weighted by atomic mass is 16.5. The van der Waals surface area contributed by atoms with Gasteiger partial charge in [0, 0.05) is 35.3 Å². The lowest BCUT2D eigenvalue weighted by Crippen LogP contribution is -2.09. The molecule has 3 rings (SSSR count). The van der Waals surface area contributed by atoms with Gasteiger partial charge in [-0.05, 0) is 68.5 Å². The lowest BCUT2D eigenvalue weighted by Gasteiger charge is -2.05. The minimum absolute atomic E-state index is 0.291. The van der Waals surface area contributed by atoms with Crippen LogP contribution in [0.3, 0.4) is 0 Å². The van der Waals surface area contributed by atoms with Gasteiger partial charge in [-0.1, -0.05) is 0 Å². The van der Waals surface area contributed by atoms with Gasteiger partial charge in [-0.2, -0.15) is 0 Å². The number of hydrogen-bond donors (Lipinski definition) is 1. The first-order chi connectivity index (χ1) is 14.5. The van der Waals surface area contributed by atoms with Gasteiger partial charge in [-0.25, -0.2) is 9.48 Å². The zero-order valence-electron chi connectivity index (χ0n) is 17.4. The van der Waals surface area contributed by atoms with Crippen LogP contribution in [-0.2, 0) is 16.1 Å². The van der Waals surface area contributed by atoms with E-state index in [1.807, 2.05) is 25.3 Å². The number of carbonyl (C=O) groups excluding carboxylic acids is 2. The Morgan fingerprint density at radius 1 is 1.13 bits per heavy atom. The molecule has 0 spiro atoms. The Hall–Kier alpha value is -3.75. The van der Waals surface area contributed by atoms with Crippen LogP contribution in [0.4, 0.5) is 5.69 Å². The molecule has 0 bridgehead atoms.